The molecule has 1 saturated heterocycles. The third-order valence-corrected chi connectivity index (χ3v) is 2.89. The summed E-state index contributed by atoms with van der Waals surface area (Å²) < 4.78 is 5.14. The van der Waals surface area contributed by atoms with Crippen LogP contribution in [0.2, 0.25) is 0 Å². The first kappa shape index (κ1) is 13.4. The molecule has 102 valence electrons. The molecule has 0 radical (unpaired) electrons. The first-order valence-electron chi connectivity index (χ1n) is 6.06. The first-order valence-corrected chi connectivity index (χ1v) is 6.06. The maximum absolute atomic E-state index is 11.8. The molecule has 1 N–H and O–H groups in total. The largest absolute Gasteiger partial charge is 0.378 e. The van der Waals surface area contributed by atoms with Gasteiger partial charge in [0.1, 0.15) is 0 Å². The van der Waals surface area contributed by atoms with Crippen LogP contribution < -0.4 is 5.32 Å². The fourth-order valence-corrected chi connectivity index (χ4v) is 1.79. The van der Waals surface area contributed by atoms with E-state index in [0.29, 0.717) is 26.3 Å². The van der Waals surface area contributed by atoms with E-state index >= 15 is 0 Å². The summed E-state index contributed by atoms with van der Waals surface area (Å²) in [5.74, 6) is -1.44. The van der Waals surface area contributed by atoms with Crippen LogP contribution in [-0.2, 0) is 19.1 Å². The monoisotopic (exact) mass is 265 g/mol. The summed E-state index contributed by atoms with van der Waals surface area (Å²) in [6, 6.07) is 0. The second kappa shape index (κ2) is 6.24. The molecule has 0 saturated carbocycles. The van der Waals surface area contributed by atoms with Gasteiger partial charge in [0.15, 0.2) is 0 Å². The molecule has 0 spiro atoms. The lowest BCUT2D eigenvalue weighted by molar-refractivity contribution is -0.136. The van der Waals surface area contributed by atoms with Crippen LogP contribution in [0.4, 0.5) is 0 Å². The predicted molar refractivity (Wildman–Crippen MR) is 66.5 cm³/mol. The smallest absolute Gasteiger partial charge is 0.269 e. The van der Waals surface area contributed by atoms with Crippen molar-refractivity contribution in [1.29, 1.82) is 0 Å². The number of nitrogens with zero attached hydrogens (tertiary/aromatic N) is 2. The summed E-state index contributed by atoms with van der Waals surface area (Å²) >= 11 is 0. The number of carbonyl (C=O) groups is 3. The van der Waals surface area contributed by atoms with Gasteiger partial charge in [-0.25, -0.2) is 4.99 Å². The number of hydrogen-bond acceptors (Lipinski definition) is 4. The molecule has 0 aromatic carbocycles. The van der Waals surface area contributed by atoms with E-state index in [1.807, 2.05) is 0 Å². The normalized spacial score (nSPS) is 22.4. The maximum Gasteiger partial charge on any atom is 0.269 e. The van der Waals surface area contributed by atoms with Crippen LogP contribution in [0.15, 0.2) is 17.1 Å². The zero-order valence-electron chi connectivity index (χ0n) is 10.4. The third kappa shape index (κ3) is 3.72. The Bertz CT molecular complexity index is 422. The molecule has 7 heteroatoms. The van der Waals surface area contributed by atoms with Gasteiger partial charge in [0, 0.05) is 25.4 Å². The lowest BCUT2D eigenvalue weighted by Crippen LogP contribution is -2.46. The van der Waals surface area contributed by atoms with E-state index < -0.39 is 5.92 Å². The summed E-state index contributed by atoms with van der Waals surface area (Å²) in [4.78, 5) is 39.5. The SMILES string of the molecule is O=C1C=CC(C(=O)NCC(=O)N2CCOCC2)C=N1. The average molecular weight is 265 g/mol. The molecule has 0 bridgehead atoms. The molecule has 2 aliphatic rings. The molecule has 1 unspecified atom stereocenters. The van der Waals surface area contributed by atoms with Crippen molar-refractivity contribution in [2.45, 2.75) is 0 Å². The number of nitrogens with one attached hydrogen (secondary N) is 1. The Labute approximate surface area is 110 Å². The van der Waals surface area contributed by atoms with E-state index in [9.17, 15) is 14.4 Å². The van der Waals surface area contributed by atoms with E-state index in [0.717, 1.165) is 0 Å². The highest BCUT2D eigenvalue weighted by Crippen LogP contribution is 2.02. The average Bonchev–Trinajstić information content (AvgIpc) is 2.46. The highest BCUT2D eigenvalue weighted by atomic mass is 16.5. The lowest BCUT2D eigenvalue weighted by Gasteiger charge is -2.27. The Balaban J connectivity index is 1.77. The molecule has 0 aliphatic carbocycles. The number of morpholine rings is 1. The molecule has 2 rings (SSSR count). The minimum absolute atomic E-state index is 0.0506. The summed E-state index contributed by atoms with van der Waals surface area (Å²) in [6.45, 7) is 2.10. The summed E-state index contributed by atoms with van der Waals surface area (Å²) in [7, 11) is 0. The number of amides is 3. The van der Waals surface area contributed by atoms with Gasteiger partial charge in [0.25, 0.3) is 5.91 Å². The Morgan fingerprint density at radius 1 is 1.42 bits per heavy atom. The van der Waals surface area contributed by atoms with Crippen molar-refractivity contribution < 1.29 is 19.1 Å². The first-order chi connectivity index (χ1) is 9.16. The highest BCUT2D eigenvalue weighted by Gasteiger charge is 2.20. The van der Waals surface area contributed by atoms with Gasteiger partial charge in [0.2, 0.25) is 11.8 Å². The summed E-state index contributed by atoms with van der Waals surface area (Å²) in [5.41, 5.74) is 0. The van der Waals surface area contributed by atoms with E-state index in [1.165, 1.54) is 18.4 Å². The van der Waals surface area contributed by atoms with Gasteiger partial charge in [-0.05, 0) is 0 Å². The lowest BCUT2D eigenvalue weighted by atomic mass is 10.1. The van der Waals surface area contributed by atoms with Crippen LogP contribution in [-0.4, -0.2) is 61.7 Å². The topological polar surface area (TPSA) is 88.1 Å². The van der Waals surface area contributed by atoms with Gasteiger partial charge in [-0.2, -0.15) is 0 Å². The third-order valence-electron chi connectivity index (χ3n) is 2.89. The molecule has 19 heavy (non-hydrogen) atoms. The standard InChI is InChI=1S/C12H15N3O4/c16-10-2-1-9(7-13-10)12(18)14-8-11(17)15-3-5-19-6-4-15/h1-2,7,9H,3-6,8H2,(H,14,18). The highest BCUT2D eigenvalue weighted by molar-refractivity contribution is 6.05. The van der Waals surface area contributed by atoms with Crippen LogP contribution >= 0.6 is 0 Å². The molecule has 2 heterocycles. The predicted octanol–water partition coefficient (Wildman–Crippen LogP) is -1.26. The van der Waals surface area contributed by atoms with E-state index in [4.69, 9.17) is 4.74 Å². The molecule has 3 amide bonds. The minimum atomic E-state index is -0.588. The van der Waals surface area contributed by atoms with E-state index in [-0.39, 0.29) is 24.3 Å². The van der Waals surface area contributed by atoms with Crippen molar-refractivity contribution in [2.24, 2.45) is 10.9 Å². The van der Waals surface area contributed by atoms with Crippen molar-refractivity contribution in [1.82, 2.24) is 10.2 Å². The fraction of sp³-hybridized carbons (Fsp3) is 0.500. The molecule has 2 aliphatic heterocycles. The summed E-state index contributed by atoms with van der Waals surface area (Å²) in [5, 5.41) is 2.54. The van der Waals surface area contributed by atoms with Crippen molar-refractivity contribution in [3.63, 3.8) is 0 Å². The van der Waals surface area contributed by atoms with Gasteiger partial charge in [-0.3, -0.25) is 14.4 Å². The Morgan fingerprint density at radius 3 is 2.79 bits per heavy atom. The Morgan fingerprint density at radius 2 is 2.16 bits per heavy atom. The van der Waals surface area contributed by atoms with Gasteiger partial charge < -0.3 is 15.0 Å². The molecular weight excluding hydrogens is 250 g/mol. The van der Waals surface area contributed by atoms with Crippen LogP contribution in [0.25, 0.3) is 0 Å². The maximum atomic E-state index is 11.8. The zero-order chi connectivity index (χ0) is 13.7. The number of rotatable bonds is 3. The Hall–Kier alpha value is -2.02. The van der Waals surface area contributed by atoms with Gasteiger partial charge in [0.05, 0.1) is 25.7 Å². The molecular formula is C12H15N3O4. The molecule has 0 aromatic heterocycles. The molecule has 7 nitrogen and oxygen atoms in total. The van der Waals surface area contributed by atoms with Crippen molar-refractivity contribution >= 4 is 23.9 Å². The van der Waals surface area contributed by atoms with Gasteiger partial charge in [-0.15, -0.1) is 0 Å². The summed E-state index contributed by atoms with van der Waals surface area (Å²) in [6.07, 6.45) is 3.98. The number of dihydropyridines is 1. The van der Waals surface area contributed by atoms with Crippen LogP contribution in [0.5, 0.6) is 0 Å². The molecule has 1 atom stereocenters. The van der Waals surface area contributed by atoms with Crippen LogP contribution in [0.3, 0.4) is 0 Å². The number of ether oxygens (including phenoxy) is 1. The molecule has 1 fully saturated rings. The van der Waals surface area contributed by atoms with Crippen LogP contribution in [0, 0.1) is 5.92 Å². The second-order valence-corrected chi connectivity index (χ2v) is 4.21. The van der Waals surface area contributed by atoms with E-state index in [2.05, 4.69) is 10.3 Å². The molecule has 0 aromatic rings. The fourth-order valence-electron chi connectivity index (χ4n) is 1.79. The zero-order valence-corrected chi connectivity index (χ0v) is 10.4. The number of hydrogen-bond donors (Lipinski definition) is 1. The van der Waals surface area contributed by atoms with E-state index in [1.54, 1.807) is 4.90 Å². The van der Waals surface area contributed by atoms with Crippen molar-refractivity contribution in [2.75, 3.05) is 32.8 Å². The van der Waals surface area contributed by atoms with Crippen molar-refractivity contribution in [3.8, 4) is 0 Å². The Kier molecular flexibility index (Phi) is 4.40. The second-order valence-electron chi connectivity index (χ2n) is 4.21. The number of aliphatic imine (C=N–C) groups is 1. The van der Waals surface area contributed by atoms with Gasteiger partial charge in [-0.1, -0.05) is 6.08 Å². The minimum Gasteiger partial charge on any atom is -0.378 e. The van der Waals surface area contributed by atoms with Crippen molar-refractivity contribution in [3.05, 3.63) is 12.2 Å². The number of carbonyl (C=O) groups excluding carboxylic acids is 3. The quantitative estimate of drug-likeness (QED) is 0.690. The van der Waals surface area contributed by atoms with Gasteiger partial charge >= 0.3 is 0 Å². The van der Waals surface area contributed by atoms with Crippen LogP contribution in [0.1, 0.15) is 0 Å².